The molecule has 1 atom stereocenters. The molecular weight excluding hydrogens is 278 g/mol. The van der Waals surface area contributed by atoms with E-state index in [1.807, 2.05) is 0 Å². The van der Waals surface area contributed by atoms with E-state index in [-0.39, 0.29) is 11.9 Å². The highest BCUT2D eigenvalue weighted by Crippen LogP contribution is 2.19. The summed E-state index contributed by atoms with van der Waals surface area (Å²) < 4.78 is 0. The number of nitrogens with one attached hydrogen (secondary N) is 1. The molecule has 0 aromatic carbocycles. The fourth-order valence-electron chi connectivity index (χ4n) is 2.35. The van der Waals surface area contributed by atoms with Gasteiger partial charge >= 0.3 is 0 Å². The van der Waals surface area contributed by atoms with Crippen molar-refractivity contribution < 1.29 is 5.11 Å². The third kappa shape index (κ3) is 4.18. The summed E-state index contributed by atoms with van der Waals surface area (Å²) in [5, 5.41) is 12.4. The van der Waals surface area contributed by atoms with Crippen molar-refractivity contribution >= 4 is 23.5 Å². The van der Waals surface area contributed by atoms with E-state index >= 15 is 0 Å². The molecule has 0 saturated carbocycles. The first-order chi connectivity index (χ1) is 9.72. The van der Waals surface area contributed by atoms with Crippen LogP contribution in [-0.4, -0.2) is 46.3 Å². The molecule has 1 aromatic heterocycles. The number of nitrogens with zero attached hydrogens (tertiary/aromatic N) is 4. The summed E-state index contributed by atoms with van der Waals surface area (Å²) in [5.41, 5.74) is 0. The van der Waals surface area contributed by atoms with Crippen LogP contribution in [-0.2, 0) is 0 Å². The standard InChI is InChI=1S/C13H22ClN5O/c1-2-10(5-8-20)9-15-12-16-11(14)17-13(18-12)19-6-3-4-7-19/h10,20H,2-9H2,1H3,(H,15,16,17,18). The van der Waals surface area contributed by atoms with Crippen molar-refractivity contribution in [2.45, 2.75) is 32.6 Å². The van der Waals surface area contributed by atoms with E-state index in [4.69, 9.17) is 16.7 Å². The summed E-state index contributed by atoms with van der Waals surface area (Å²) in [4.78, 5) is 14.9. The van der Waals surface area contributed by atoms with Crippen LogP contribution in [0.1, 0.15) is 32.6 Å². The first-order valence-corrected chi connectivity index (χ1v) is 7.62. The van der Waals surface area contributed by atoms with Gasteiger partial charge in [-0.1, -0.05) is 13.3 Å². The van der Waals surface area contributed by atoms with Crippen LogP contribution in [0.5, 0.6) is 0 Å². The lowest BCUT2D eigenvalue weighted by Gasteiger charge is -2.17. The molecule has 0 spiro atoms. The predicted molar refractivity (Wildman–Crippen MR) is 80.3 cm³/mol. The molecule has 0 amide bonds. The van der Waals surface area contributed by atoms with Crippen LogP contribution in [0.15, 0.2) is 0 Å². The highest BCUT2D eigenvalue weighted by atomic mass is 35.5. The Morgan fingerprint density at radius 1 is 1.30 bits per heavy atom. The van der Waals surface area contributed by atoms with Crippen LogP contribution >= 0.6 is 11.6 Å². The molecule has 1 saturated heterocycles. The maximum absolute atomic E-state index is 9.00. The largest absolute Gasteiger partial charge is 0.396 e. The Labute approximate surface area is 124 Å². The third-order valence-corrected chi connectivity index (χ3v) is 3.82. The van der Waals surface area contributed by atoms with Crippen LogP contribution in [0.25, 0.3) is 0 Å². The normalized spacial score (nSPS) is 16.4. The Hall–Kier alpha value is -1.14. The number of aliphatic hydroxyl groups excluding tert-OH is 1. The van der Waals surface area contributed by atoms with Crippen LogP contribution in [0.3, 0.4) is 0 Å². The second kappa shape index (κ2) is 7.59. The van der Waals surface area contributed by atoms with E-state index in [9.17, 15) is 0 Å². The Balaban J connectivity index is 2.00. The van der Waals surface area contributed by atoms with E-state index in [0.29, 0.717) is 17.8 Å². The number of anilines is 2. The number of aliphatic hydroxyl groups is 1. The molecule has 1 unspecified atom stereocenters. The van der Waals surface area contributed by atoms with Gasteiger partial charge < -0.3 is 15.3 Å². The average molecular weight is 300 g/mol. The van der Waals surface area contributed by atoms with E-state index in [1.54, 1.807) is 0 Å². The van der Waals surface area contributed by atoms with Crippen LogP contribution in [0, 0.1) is 5.92 Å². The summed E-state index contributed by atoms with van der Waals surface area (Å²) in [6.45, 7) is 5.00. The molecule has 2 rings (SSSR count). The average Bonchev–Trinajstić information content (AvgIpc) is 2.97. The molecule has 0 radical (unpaired) electrons. The molecule has 1 aliphatic heterocycles. The summed E-state index contributed by atoms with van der Waals surface area (Å²) in [6.07, 6.45) is 4.12. The molecule has 0 bridgehead atoms. The zero-order valence-electron chi connectivity index (χ0n) is 11.8. The van der Waals surface area contributed by atoms with E-state index < -0.39 is 0 Å². The predicted octanol–water partition coefficient (Wildman–Crippen LogP) is 1.95. The summed E-state index contributed by atoms with van der Waals surface area (Å²) in [7, 11) is 0. The van der Waals surface area contributed by atoms with Gasteiger partial charge in [-0.2, -0.15) is 15.0 Å². The van der Waals surface area contributed by atoms with Crippen molar-refractivity contribution in [3.05, 3.63) is 5.28 Å². The minimum absolute atomic E-state index is 0.206. The highest BCUT2D eigenvalue weighted by molar-refractivity contribution is 6.28. The van der Waals surface area contributed by atoms with Crippen molar-refractivity contribution in [2.24, 2.45) is 5.92 Å². The Kier molecular flexibility index (Phi) is 5.79. The smallest absolute Gasteiger partial charge is 0.231 e. The quantitative estimate of drug-likeness (QED) is 0.801. The van der Waals surface area contributed by atoms with Gasteiger partial charge in [-0.15, -0.1) is 0 Å². The molecule has 112 valence electrons. The van der Waals surface area contributed by atoms with Crippen molar-refractivity contribution in [2.75, 3.05) is 36.5 Å². The number of halogens is 1. The van der Waals surface area contributed by atoms with Gasteiger partial charge in [-0.3, -0.25) is 0 Å². The molecule has 0 aliphatic carbocycles. The van der Waals surface area contributed by atoms with Crippen LogP contribution in [0.2, 0.25) is 5.28 Å². The fraction of sp³-hybridized carbons (Fsp3) is 0.769. The summed E-state index contributed by atoms with van der Waals surface area (Å²) >= 11 is 5.97. The zero-order valence-corrected chi connectivity index (χ0v) is 12.6. The van der Waals surface area contributed by atoms with Gasteiger partial charge in [0.1, 0.15) is 0 Å². The summed E-state index contributed by atoms with van der Waals surface area (Å²) in [6, 6.07) is 0. The minimum atomic E-state index is 0.206. The van der Waals surface area contributed by atoms with Gasteiger partial charge in [-0.25, -0.2) is 0 Å². The van der Waals surface area contributed by atoms with Crippen molar-refractivity contribution in [1.29, 1.82) is 0 Å². The molecule has 2 heterocycles. The van der Waals surface area contributed by atoms with Crippen molar-refractivity contribution in [3.63, 3.8) is 0 Å². The molecule has 1 aliphatic rings. The van der Waals surface area contributed by atoms with E-state index in [2.05, 4.69) is 32.1 Å². The molecule has 2 N–H and O–H groups in total. The lowest BCUT2D eigenvalue weighted by Crippen LogP contribution is -2.22. The highest BCUT2D eigenvalue weighted by Gasteiger charge is 2.17. The molecule has 1 aromatic rings. The SMILES string of the molecule is CCC(CCO)CNc1nc(Cl)nc(N2CCCC2)n1. The molecular formula is C13H22ClN5O. The third-order valence-electron chi connectivity index (χ3n) is 3.65. The van der Waals surface area contributed by atoms with Crippen LogP contribution < -0.4 is 10.2 Å². The van der Waals surface area contributed by atoms with E-state index in [0.717, 1.165) is 32.5 Å². The van der Waals surface area contributed by atoms with Crippen molar-refractivity contribution in [3.8, 4) is 0 Å². The topological polar surface area (TPSA) is 74.2 Å². The molecule has 6 nitrogen and oxygen atoms in total. The van der Waals surface area contributed by atoms with Gasteiger partial charge in [0.2, 0.25) is 17.2 Å². The Morgan fingerprint density at radius 3 is 2.70 bits per heavy atom. The second-order valence-corrected chi connectivity index (χ2v) is 5.43. The fourth-order valence-corrected chi connectivity index (χ4v) is 2.50. The van der Waals surface area contributed by atoms with Gasteiger partial charge in [0.25, 0.3) is 0 Å². The van der Waals surface area contributed by atoms with Gasteiger partial charge in [-0.05, 0) is 36.8 Å². The number of aromatic nitrogens is 3. The molecule has 1 fully saturated rings. The maximum Gasteiger partial charge on any atom is 0.231 e. The van der Waals surface area contributed by atoms with Gasteiger partial charge in [0.05, 0.1) is 0 Å². The number of hydrogen-bond donors (Lipinski definition) is 2. The lowest BCUT2D eigenvalue weighted by molar-refractivity contribution is 0.258. The van der Waals surface area contributed by atoms with E-state index in [1.165, 1.54) is 12.8 Å². The first kappa shape index (κ1) is 15.3. The van der Waals surface area contributed by atoms with Crippen LogP contribution in [0.4, 0.5) is 11.9 Å². The van der Waals surface area contributed by atoms with Gasteiger partial charge in [0, 0.05) is 26.2 Å². The lowest BCUT2D eigenvalue weighted by atomic mass is 10.0. The number of rotatable bonds is 7. The molecule has 20 heavy (non-hydrogen) atoms. The number of hydrogen-bond acceptors (Lipinski definition) is 6. The second-order valence-electron chi connectivity index (χ2n) is 5.09. The first-order valence-electron chi connectivity index (χ1n) is 7.24. The molecule has 7 heteroatoms. The Bertz CT molecular complexity index is 425. The Morgan fingerprint density at radius 2 is 2.05 bits per heavy atom. The van der Waals surface area contributed by atoms with Gasteiger partial charge in [0.15, 0.2) is 0 Å². The minimum Gasteiger partial charge on any atom is -0.396 e. The van der Waals surface area contributed by atoms with Crippen molar-refractivity contribution in [1.82, 2.24) is 15.0 Å². The summed E-state index contributed by atoms with van der Waals surface area (Å²) in [5.74, 6) is 1.58. The zero-order chi connectivity index (χ0) is 14.4. The monoisotopic (exact) mass is 299 g/mol. The maximum atomic E-state index is 9.00.